The average molecular weight is 261 g/mol. The van der Waals surface area contributed by atoms with Gasteiger partial charge in [0.1, 0.15) is 0 Å². The summed E-state index contributed by atoms with van der Waals surface area (Å²) in [4.78, 5) is 8.77. The van der Waals surface area contributed by atoms with E-state index in [4.69, 9.17) is 4.52 Å². The molecule has 102 valence electrons. The number of likely N-dealkylation sites (N-methyl/N-ethyl adjacent to an activating group) is 1. The molecule has 0 radical (unpaired) electrons. The van der Waals surface area contributed by atoms with Gasteiger partial charge in [0.25, 0.3) is 0 Å². The van der Waals surface area contributed by atoms with Crippen LogP contribution in [0.4, 0.5) is 0 Å². The molecule has 2 aromatic rings. The topological polar surface area (TPSA) is 68.8 Å². The van der Waals surface area contributed by atoms with Gasteiger partial charge in [0.2, 0.25) is 11.7 Å². The van der Waals surface area contributed by atoms with Crippen LogP contribution in [0.15, 0.2) is 16.9 Å². The number of hydrogen-bond donors (Lipinski definition) is 1. The fourth-order valence-corrected chi connectivity index (χ4v) is 2.82. The summed E-state index contributed by atoms with van der Waals surface area (Å²) in [6.45, 7) is 3.10. The predicted molar refractivity (Wildman–Crippen MR) is 70.6 cm³/mol. The van der Waals surface area contributed by atoms with Crippen LogP contribution in [-0.2, 0) is 7.05 Å². The second-order valence-corrected chi connectivity index (χ2v) is 5.02. The van der Waals surface area contributed by atoms with Crippen molar-refractivity contribution >= 4 is 0 Å². The van der Waals surface area contributed by atoms with Gasteiger partial charge >= 0.3 is 0 Å². The van der Waals surface area contributed by atoms with Crippen LogP contribution in [-0.4, -0.2) is 32.3 Å². The van der Waals surface area contributed by atoms with Gasteiger partial charge < -0.3 is 14.4 Å². The van der Waals surface area contributed by atoms with Crippen LogP contribution >= 0.6 is 0 Å². The highest BCUT2D eigenvalue weighted by molar-refractivity contribution is 5.42. The summed E-state index contributed by atoms with van der Waals surface area (Å²) in [6.07, 6.45) is 7.12. The number of rotatable bonds is 4. The molecule has 2 aromatic heterocycles. The maximum Gasteiger partial charge on any atom is 0.238 e. The molecule has 2 atom stereocenters. The van der Waals surface area contributed by atoms with Crippen molar-refractivity contribution in [1.82, 2.24) is 25.0 Å². The van der Waals surface area contributed by atoms with Crippen LogP contribution < -0.4 is 5.32 Å². The van der Waals surface area contributed by atoms with Crippen LogP contribution in [0.5, 0.6) is 0 Å². The van der Waals surface area contributed by atoms with Crippen molar-refractivity contribution in [2.75, 3.05) is 6.54 Å². The van der Waals surface area contributed by atoms with Crippen LogP contribution in [0.3, 0.4) is 0 Å². The van der Waals surface area contributed by atoms with Crippen molar-refractivity contribution in [2.45, 2.75) is 38.1 Å². The lowest BCUT2D eigenvalue weighted by atomic mass is 10.0. The summed E-state index contributed by atoms with van der Waals surface area (Å²) in [5, 5.41) is 7.56. The number of nitrogens with one attached hydrogen (secondary N) is 1. The van der Waals surface area contributed by atoms with Crippen molar-refractivity contribution in [2.24, 2.45) is 7.05 Å². The first kappa shape index (κ1) is 12.3. The van der Waals surface area contributed by atoms with E-state index in [2.05, 4.69) is 27.4 Å². The van der Waals surface area contributed by atoms with E-state index in [1.165, 1.54) is 12.8 Å². The minimum Gasteiger partial charge on any atom is -0.338 e. The number of nitrogens with zero attached hydrogens (tertiary/aromatic N) is 4. The van der Waals surface area contributed by atoms with Gasteiger partial charge in [-0.15, -0.1) is 0 Å². The zero-order valence-electron chi connectivity index (χ0n) is 11.3. The lowest BCUT2D eigenvalue weighted by Crippen LogP contribution is -2.31. The largest absolute Gasteiger partial charge is 0.338 e. The Morgan fingerprint density at radius 2 is 2.37 bits per heavy atom. The third kappa shape index (κ3) is 2.28. The third-order valence-corrected chi connectivity index (χ3v) is 3.76. The third-order valence-electron chi connectivity index (χ3n) is 3.76. The van der Waals surface area contributed by atoms with Gasteiger partial charge in [0.15, 0.2) is 5.82 Å². The van der Waals surface area contributed by atoms with Crippen LogP contribution in [0, 0.1) is 0 Å². The van der Waals surface area contributed by atoms with Crippen molar-refractivity contribution < 1.29 is 4.52 Å². The van der Waals surface area contributed by atoms with Gasteiger partial charge in [-0.05, 0) is 19.4 Å². The van der Waals surface area contributed by atoms with Crippen LogP contribution in [0.25, 0.3) is 11.6 Å². The molecule has 0 saturated heterocycles. The van der Waals surface area contributed by atoms with Gasteiger partial charge in [-0.25, -0.2) is 4.98 Å². The standard InChI is InChI=1S/C13H19N5O/c1-3-14-10-6-4-5-9(10)13-16-11(17-19-13)12-15-7-8-18(12)2/h7-10,14H,3-6H2,1-2H3. The van der Waals surface area contributed by atoms with Crippen molar-refractivity contribution in [1.29, 1.82) is 0 Å². The minimum atomic E-state index is 0.335. The molecule has 1 saturated carbocycles. The number of aryl methyl sites for hydroxylation is 1. The summed E-state index contributed by atoms with van der Waals surface area (Å²) >= 11 is 0. The monoisotopic (exact) mass is 261 g/mol. The summed E-state index contributed by atoms with van der Waals surface area (Å²) < 4.78 is 7.34. The average Bonchev–Trinajstić information content (AvgIpc) is 3.08. The van der Waals surface area contributed by atoms with E-state index in [-0.39, 0.29) is 0 Å². The molecule has 3 rings (SSSR count). The highest BCUT2D eigenvalue weighted by Gasteiger charge is 2.32. The molecular formula is C13H19N5O. The smallest absolute Gasteiger partial charge is 0.238 e. The first-order chi connectivity index (χ1) is 9.29. The van der Waals surface area contributed by atoms with Crippen molar-refractivity contribution in [3.05, 3.63) is 18.3 Å². The second kappa shape index (κ2) is 5.13. The Morgan fingerprint density at radius 3 is 3.11 bits per heavy atom. The number of aromatic nitrogens is 4. The molecule has 6 heteroatoms. The minimum absolute atomic E-state index is 0.335. The lowest BCUT2D eigenvalue weighted by molar-refractivity contribution is 0.332. The molecule has 1 aliphatic rings. The molecule has 0 aliphatic heterocycles. The summed E-state index contributed by atoms with van der Waals surface area (Å²) in [5.74, 6) is 2.39. The lowest BCUT2D eigenvalue weighted by Gasteiger charge is -2.16. The van der Waals surface area contributed by atoms with Gasteiger partial charge in [0.05, 0.1) is 5.92 Å². The zero-order valence-corrected chi connectivity index (χ0v) is 11.3. The molecule has 0 aromatic carbocycles. The van der Waals surface area contributed by atoms with E-state index in [1.807, 2.05) is 17.8 Å². The number of hydrogen-bond acceptors (Lipinski definition) is 5. The van der Waals surface area contributed by atoms with Crippen molar-refractivity contribution in [3.8, 4) is 11.6 Å². The Labute approximate surface area is 112 Å². The highest BCUT2D eigenvalue weighted by Crippen LogP contribution is 2.34. The molecule has 6 nitrogen and oxygen atoms in total. The maximum absolute atomic E-state index is 5.45. The van der Waals surface area contributed by atoms with E-state index in [0.29, 0.717) is 17.8 Å². The summed E-state index contributed by atoms with van der Waals surface area (Å²) in [6, 6.07) is 0.458. The first-order valence-corrected chi connectivity index (χ1v) is 6.84. The van der Waals surface area contributed by atoms with E-state index >= 15 is 0 Å². The zero-order chi connectivity index (χ0) is 13.2. The maximum atomic E-state index is 5.45. The molecular weight excluding hydrogens is 242 g/mol. The fraction of sp³-hybridized carbons (Fsp3) is 0.615. The van der Waals surface area contributed by atoms with Gasteiger partial charge in [0, 0.05) is 25.5 Å². The van der Waals surface area contributed by atoms with Gasteiger partial charge in [-0.1, -0.05) is 18.5 Å². The first-order valence-electron chi connectivity index (χ1n) is 6.84. The van der Waals surface area contributed by atoms with Crippen molar-refractivity contribution in [3.63, 3.8) is 0 Å². The molecule has 1 aliphatic carbocycles. The summed E-state index contributed by atoms with van der Waals surface area (Å²) in [7, 11) is 1.93. The molecule has 0 spiro atoms. The van der Waals surface area contributed by atoms with Gasteiger partial charge in [-0.3, -0.25) is 0 Å². The second-order valence-electron chi connectivity index (χ2n) is 5.02. The fourth-order valence-electron chi connectivity index (χ4n) is 2.82. The van der Waals surface area contributed by atoms with E-state index in [0.717, 1.165) is 24.7 Å². The van der Waals surface area contributed by atoms with E-state index in [9.17, 15) is 0 Å². The van der Waals surface area contributed by atoms with E-state index < -0.39 is 0 Å². The van der Waals surface area contributed by atoms with Gasteiger partial charge in [-0.2, -0.15) is 4.98 Å². The Kier molecular flexibility index (Phi) is 3.33. The van der Waals surface area contributed by atoms with E-state index in [1.54, 1.807) is 6.20 Å². The molecule has 19 heavy (non-hydrogen) atoms. The predicted octanol–water partition coefficient (Wildman–Crippen LogP) is 1.72. The quantitative estimate of drug-likeness (QED) is 0.907. The molecule has 2 heterocycles. The SMILES string of the molecule is CCNC1CCCC1c1nc(-c2nccn2C)no1. The molecule has 1 fully saturated rings. The van der Waals surface area contributed by atoms with Crippen LogP contribution in [0.1, 0.15) is 38.0 Å². The Morgan fingerprint density at radius 1 is 1.47 bits per heavy atom. The Bertz CT molecular complexity index is 547. The number of imidazole rings is 1. The molecule has 0 bridgehead atoms. The Hall–Kier alpha value is -1.69. The molecule has 1 N–H and O–H groups in total. The molecule has 0 amide bonds. The summed E-state index contributed by atoms with van der Waals surface area (Å²) in [5.41, 5.74) is 0. The molecule has 2 unspecified atom stereocenters. The van der Waals surface area contributed by atoms with Crippen LogP contribution in [0.2, 0.25) is 0 Å². The Balaban J connectivity index is 1.83. The normalized spacial score (nSPS) is 23.1. The highest BCUT2D eigenvalue weighted by atomic mass is 16.5.